The number of halogens is 3. The molecule has 18 heavy (non-hydrogen) atoms. The predicted octanol–water partition coefficient (Wildman–Crippen LogP) is 1.87. The van der Waals surface area contributed by atoms with Gasteiger partial charge < -0.3 is 9.84 Å². The maximum absolute atomic E-state index is 12.5. The van der Waals surface area contributed by atoms with E-state index < -0.39 is 30.0 Å². The number of ether oxygens (including phenoxy) is 1. The highest BCUT2D eigenvalue weighted by atomic mass is 19.4. The van der Waals surface area contributed by atoms with Crippen LogP contribution >= 0.6 is 0 Å². The minimum atomic E-state index is -4.43. The van der Waals surface area contributed by atoms with Gasteiger partial charge in [0.2, 0.25) is 5.82 Å². The molecule has 0 bridgehead atoms. The Balaban J connectivity index is 2.42. The number of hydrogen-bond acceptors (Lipinski definition) is 4. The molecule has 0 spiro atoms. The summed E-state index contributed by atoms with van der Waals surface area (Å²) < 4.78 is 42.5. The molecule has 5 nitrogen and oxygen atoms in total. The van der Waals surface area contributed by atoms with Crippen LogP contribution in [0.2, 0.25) is 0 Å². The number of carboxylic acids is 1. The van der Waals surface area contributed by atoms with Crippen molar-refractivity contribution in [3.05, 3.63) is 23.3 Å². The Morgan fingerprint density at radius 1 is 1.61 bits per heavy atom. The highest BCUT2D eigenvalue weighted by Gasteiger charge is 2.46. The lowest BCUT2D eigenvalue weighted by Crippen LogP contribution is -2.30. The van der Waals surface area contributed by atoms with Gasteiger partial charge in [0.1, 0.15) is 5.60 Å². The second kappa shape index (κ2) is 3.91. The van der Waals surface area contributed by atoms with Crippen LogP contribution in [-0.2, 0) is 16.9 Å². The van der Waals surface area contributed by atoms with Gasteiger partial charge in [-0.05, 0) is 6.92 Å². The lowest BCUT2D eigenvalue weighted by atomic mass is 9.96. The third-order valence-corrected chi connectivity index (χ3v) is 2.64. The second-order valence-corrected chi connectivity index (χ2v) is 4.18. The minimum Gasteiger partial charge on any atom is -0.475 e. The van der Waals surface area contributed by atoms with Crippen molar-refractivity contribution in [2.45, 2.75) is 31.7 Å². The molecule has 2 heterocycles. The van der Waals surface area contributed by atoms with Crippen molar-refractivity contribution in [1.29, 1.82) is 0 Å². The van der Waals surface area contributed by atoms with E-state index in [1.165, 1.54) is 13.1 Å². The van der Waals surface area contributed by atoms with Crippen LogP contribution in [0.15, 0.2) is 6.20 Å². The number of fused-ring (bicyclic) bond motifs is 1. The van der Waals surface area contributed by atoms with E-state index in [-0.39, 0.29) is 12.3 Å². The summed E-state index contributed by atoms with van der Waals surface area (Å²) in [5.74, 6) is -1.92. The smallest absolute Gasteiger partial charge is 0.392 e. The molecule has 1 unspecified atom stereocenters. The van der Waals surface area contributed by atoms with E-state index in [0.717, 1.165) is 0 Å². The molecule has 0 amide bonds. The maximum Gasteiger partial charge on any atom is 0.392 e. The number of alkyl halides is 3. The highest BCUT2D eigenvalue weighted by Crippen LogP contribution is 2.42. The summed E-state index contributed by atoms with van der Waals surface area (Å²) in [6, 6.07) is 0. The summed E-state index contributed by atoms with van der Waals surface area (Å²) in [7, 11) is 0. The normalized spacial score (nSPS) is 22.9. The molecule has 98 valence electrons. The number of aromatic nitrogens is 2. The van der Waals surface area contributed by atoms with Crippen LogP contribution in [0.25, 0.3) is 0 Å². The molecule has 1 aromatic heterocycles. The molecule has 0 saturated carbocycles. The standard InChI is InChI=1S/C10H9F3N2O3/c1-9(4-10(11,12)13)6-5(3-18-9)2-14-7(15-6)8(16)17/h2H,3-4H2,1H3,(H,16,17). The fourth-order valence-corrected chi connectivity index (χ4v) is 1.90. The Morgan fingerprint density at radius 3 is 2.83 bits per heavy atom. The summed E-state index contributed by atoms with van der Waals surface area (Å²) in [5.41, 5.74) is -1.28. The minimum absolute atomic E-state index is 0.00720. The van der Waals surface area contributed by atoms with Gasteiger partial charge in [-0.3, -0.25) is 0 Å². The summed E-state index contributed by atoms with van der Waals surface area (Å²) in [4.78, 5) is 17.9. The summed E-state index contributed by atoms with van der Waals surface area (Å²) in [6.07, 6.45) is -4.46. The molecule has 0 aliphatic carbocycles. The molecule has 1 aliphatic rings. The quantitative estimate of drug-likeness (QED) is 0.880. The predicted molar refractivity (Wildman–Crippen MR) is 51.8 cm³/mol. The van der Waals surface area contributed by atoms with E-state index in [1.54, 1.807) is 0 Å². The van der Waals surface area contributed by atoms with Crippen LogP contribution < -0.4 is 0 Å². The molecule has 1 N–H and O–H groups in total. The highest BCUT2D eigenvalue weighted by molar-refractivity contribution is 5.83. The van der Waals surface area contributed by atoms with E-state index in [9.17, 15) is 18.0 Å². The molecule has 1 atom stereocenters. The number of aromatic carboxylic acids is 1. The first-order valence-electron chi connectivity index (χ1n) is 5.02. The Labute approximate surface area is 99.6 Å². The zero-order valence-electron chi connectivity index (χ0n) is 9.28. The van der Waals surface area contributed by atoms with Gasteiger partial charge in [-0.25, -0.2) is 14.8 Å². The van der Waals surface area contributed by atoms with Crippen molar-refractivity contribution >= 4 is 5.97 Å². The first-order valence-corrected chi connectivity index (χ1v) is 5.02. The number of nitrogens with zero attached hydrogens (tertiary/aromatic N) is 2. The average Bonchev–Trinajstić information content (AvgIpc) is 2.53. The van der Waals surface area contributed by atoms with Gasteiger partial charge in [0, 0.05) is 11.8 Å². The summed E-state index contributed by atoms with van der Waals surface area (Å²) in [6.45, 7) is 1.19. The third-order valence-electron chi connectivity index (χ3n) is 2.64. The second-order valence-electron chi connectivity index (χ2n) is 4.18. The zero-order chi connectivity index (χ0) is 13.6. The van der Waals surface area contributed by atoms with Gasteiger partial charge in [0.05, 0.1) is 18.7 Å². The van der Waals surface area contributed by atoms with Crippen LogP contribution in [0.3, 0.4) is 0 Å². The molecule has 1 aliphatic heterocycles. The Morgan fingerprint density at radius 2 is 2.28 bits per heavy atom. The average molecular weight is 262 g/mol. The fraction of sp³-hybridized carbons (Fsp3) is 0.500. The summed E-state index contributed by atoms with van der Waals surface area (Å²) >= 11 is 0. The topological polar surface area (TPSA) is 72.3 Å². The third kappa shape index (κ3) is 2.28. The van der Waals surface area contributed by atoms with Crippen LogP contribution in [0.5, 0.6) is 0 Å². The first kappa shape index (κ1) is 12.7. The molecular formula is C10H9F3N2O3. The van der Waals surface area contributed by atoms with Crippen molar-refractivity contribution in [2.24, 2.45) is 0 Å². The molecule has 0 fully saturated rings. The number of carboxylic acid groups (broad SMARTS) is 1. The van der Waals surface area contributed by atoms with Crippen molar-refractivity contribution in [3.63, 3.8) is 0 Å². The van der Waals surface area contributed by atoms with E-state index in [1.807, 2.05) is 0 Å². The Hall–Kier alpha value is -1.70. The largest absolute Gasteiger partial charge is 0.475 e. The molecule has 0 saturated heterocycles. The van der Waals surface area contributed by atoms with Gasteiger partial charge in [0.15, 0.2) is 0 Å². The maximum atomic E-state index is 12.5. The zero-order valence-corrected chi connectivity index (χ0v) is 9.28. The monoisotopic (exact) mass is 262 g/mol. The number of carbonyl (C=O) groups is 1. The van der Waals surface area contributed by atoms with Gasteiger partial charge >= 0.3 is 12.1 Å². The van der Waals surface area contributed by atoms with Crippen LogP contribution in [0, 0.1) is 0 Å². The van der Waals surface area contributed by atoms with E-state index in [4.69, 9.17) is 9.84 Å². The lowest BCUT2D eigenvalue weighted by molar-refractivity contribution is -0.185. The van der Waals surface area contributed by atoms with Crippen LogP contribution in [0.4, 0.5) is 13.2 Å². The SMILES string of the molecule is CC1(CC(F)(F)F)OCc2cnc(C(=O)O)nc21. The Kier molecular flexibility index (Phi) is 2.77. The van der Waals surface area contributed by atoms with E-state index in [2.05, 4.69) is 9.97 Å². The van der Waals surface area contributed by atoms with Crippen molar-refractivity contribution < 1.29 is 27.8 Å². The Bertz CT molecular complexity index is 504. The number of rotatable bonds is 2. The van der Waals surface area contributed by atoms with Crippen LogP contribution in [-0.4, -0.2) is 27.2 Å². The van der Waals surface area contributed by atoms with E-state index in [0.29, 0.717) is 5.56 Å². The molecule has 1 aromatic rings. The fourth-order valence-electron chi connectivity index (χ4n) is 1.90. The number of hydrogen-bond donors (Lipinski definition) is 1. The van der Waals surface area contributed by atoms with Gasteiger partial charge in [0.25, 0.3) is 0 Å². The van der Waals surface area contributed by atoms with E-state index >= 15 is 0 Å². The molecule has 0 radical (unpaired) electrons. The van der Waals surface area contributed by atoms with Crippen molar-refractivity contribution in [2.75, 3.05) is 0 Å². The lowest BCUT2D eigenvalue weighted by Gasteiger charge is -2.24. The van der Waals surface area contributed by atoms with Crippen LogP contribution in [0.1, 0.15) is 35.2 Å². The molecule has 8 heteroatoms. The molecule has 2 rings (SSSR count). The first-order chi connectivity index (χ1) is 8.21. The van der Waals surface area contributed by atoms with Gasteiger partial charge in [-0.15, -0.1) is 0 Å². The summed E-state index contributed by atoms with van der Waals surface area (Å²) in [5, 5.41) is 8.73. The molecular weight excluding hydrogens is 253 g/mol. The van der Waals surface area contributed by atoms with Gasteiger partial charge in [-0.1, -0.05) is 0 Å². The van der Waals surface area contributed by atoms with Gasteiger partial charge in [-0.2, -0.15) is 13.2 Å². The van der Waals surface area contributed by atoms with Crippen molar-refractivity contribution in [1.82, 2.24) is 9.97 Å². The molecule has 0 aromatic carbocycles. The van der Waals surface area contributed by atoms with Crippen molar-refractivity contribution in [3.8, 4) is 0 Å².